The molecule has 1 aromatic rings. The molecule has 106 valence electrons. The third-order valence-electron chi connectivity index (χ3n) is 2.41. The molecule has 0 aliphatic rings. The molecule has 0 saturated carbocycles. The van der Waals surface area contributed by atoms with E-state index >= 15 is 0 Å². The highest BCUT2D eigenvalue weighted by molar-refractivity contribution is 7.99. The van der Waals surface area contributed by atoms with Crippen LogP contribution in [0.5, 0.6) is 5.75 Å². The Balaban J connectivity index is 2.52. The zero-order valence-electron chi connectivity index (χ0n) is 10.8. The molecule has 0 aliphatic heterocycles. The van der Waals surface area contributed by atoms with Crippen LogP contribution in [-0.4, -0.2) is 41.8 Å². The van der Waals surface area contributed by atoms with Crippen LogP contribution in [0.4, 0.5) is 11.4 Å². The molecule has 19 heavy (non-hydrogen) atoms. The van der Waals surface area contributed by atoms with Crippen molar-refractivity contribution in [3.63, 3.8) is 0 Å². The number of hydrogen-bond donors (Lipinski definition) is 2. The number of nitrogens with zero attached hydrogens (tertiary/aromatic N) is 1. The minimum Gasteiger partial charge on any atom is -0.497 e. The first kappa shape index (κ1) is 15.6. The van der Waals surface area contributed by atoms with Crippen molar-refractivity contribution in [2.24, 2.45) is 0 Å². The Bertz CT molecular complexity index is 415. The minimum atomic E-state index is -0.416. The van der Waals surface area contributed by atoms with E-state index in [1.54, 1.807) is 23.9 Å². The standard InChI is InChI=1S/C12H18N2O4S/c1-18-10-3-4-12(14(16)17)11(9-10)13-5-8-19-7-2-6-15/h3-4,9,13,15H,2,5-8H2,1H3. The van der Waals surface area contributed by atoms with Gasteiger partial charge in [-0.25, -0.2) is 0 Å². The Kier molecular flexibility index (Phi) is 7.06. The number of methoxy groups -OCH3 is 1. The molecule has 0 unspecified atom stereocenters. The summed E-state index contributed by atoms with van der Waals surface area (Å²) in [6.45, 7) is 0.825. The lowest BCUT2D eigenvalue weighted by molar-refractivity contribution is -0.384. The van der Waals surface area contributed by atoms with Crippen molar-refractivity contribution in [2.75, 3.05) is 37.1 Å². The molecule has 1 aromatic carbocycles. The van der Waals surface area contributed by atoms with Crippen molar-refractivity contribution in [1.82, 2.24) is 0 Å². The van der Waals surface area contributed by atoms with Crippen LogP contribution in [0.2, 0.25) is 0 Å². The summed E-state index contributed by atoms with van der Waals surface area (Å²) in [6, 6.07) is 4.62. The Hall–Kier alpha value is -1.47. The van der Waals surface area contributed by atoms with Gasteiger partial charge in [-0.15, -0.1) is 0 Å². The number of nitrogens with one attached hydrogen (secondary N) is 1. The number of hydrogen-bond acceptors (Lipinski definition) is 6. The zero-order valence-corrected chi connectivity index (χ0v) is 11.6. The van der Waals surface area contributed by atoms with Gasteiger partial charge in [0.25, 0.3) is 5.69 Å². The molecule has 0 spiro atoms. The number of ether oxygens (including phenoxy) is 1. The summed E-state index contributed by atoms with van der Waals surface area (Å²) in [4.78, 5) is 10.5. The van der Waals surface area contributed by atoms with Gasteiger partial charge in [0.15, 0.2) is 0 Å². The van der Waals surface area contributed by atoms with E-state index in [9.17, 15) is 10.1 Å². The van der Waals surface area contributed by atoms with Crippen LogP contribution in [0.25, 0.3) is 0 Å². The van der Waals surface area contributed by atoms with E-state index in [1.165, 1.54) is 13.2 Å². The van der Waals surface area contributed by atoms with Crippen molar-refractivity contribution in [2.45, 2.75) is 6.42 Å². The SMILES string of the molecule is COc1ccc([N+](=O)[O-])c(NCCSCCCO)c1. The number of rotatable bonds is 9. The molecule has 6 nitrogen and oxygen atoms in total. The summed E-state index contributed by atoms with van der Waals surface area (Å²) in [5.41, 5.74) is 0.508. The lowest BCUT2D eigenvalue weighted by Gasteiger charge is -2.08. The molecule has 0 atom stereocenters. The molecule has 0 aromatic heterocycles. The molecule has 0 saturated heterocycles. The van der Waals surface area contributed by atoms with E-state index in [4.69, 9.17) is 9.84 Å². The summed E-state index contributed by atoms with van der Waals surface area (Å²) in [6.07, 6.45) is 0.768. The summed E-state index contributed by atoms with van der Waals surface area (Å²) in [5, 5.41) is 22.6. The fourth-order valence-corrected chi connectivity index (χ4v) is 2.25. The monoisotopic (exact) mass is 286 g/mol. The normalized spacial score (nSPS) is 10.2. The number of nitro benzene ring substituents is 1. The molecule has 0 fully saturated rings. The number of thioether (sulfide) groups is 1. The first-order valence-corrected chi connectivity index (χ1v) is 7.09. The zero-order chi connectivity index (χ0) is 14.1. The van der Waals surface area contributed by atoms with E-state index < -0.39 is 4.92 Å². The van der Waals surface area contributed by atoms with Crippen LogP contribution < -0.4 is 10.1 Å². The number of benzene rings is 1. The summed E-state index contributed by atoms with van der Waals surface area (Å²) in [5.74, 6) is 2.30. The Morgan fingerprint density at radius 2 is 2.26 bits per heavy atom. The van der Waals surface area contributed by atoms with E-state index in [0.717, 1.165) is 17.9 Å². The molecule has 2 N–H and O–H groups in total. The van der Waals surface area contributed by atoms with Gasteiger partial charge in [-0.05, 0) is 18.2 Å². The molecule has 1 rings (SSSR count). The number of nitro groups is 1. The summed E-state index contributed by atoms with van der Waals surface area (Å²) in [7, 11) is 1.52. The highest BCUT2D eigenvalue weighted by atomic mass is 32.2. The second kappa shape index (κ2) is 8.60. The first-order chi connectivity index (χ1) is 9.19. The van der Waals surface area contributed by atoms with Gasteiger partial charge in [-0.1, -0.05) is 0 Å². The highest BCUT2D eigenvalue weighted by Crippen LogP contribution is 2.28. The predicted molar refractivity (Wildman–Crippen MR) is 77.2 cm³/mol. The van der Waals surface area contributed by atoms with Crippen molar-refractivity contribution >= 4 is 23.1 Å². The highest BCUT2D eigenvalue weighted by Gasteiger charge is 2.13. The maximum atomic E-state index is 10.9. The molecule has 0 amide bonds. The lowest BCUT2D eigenvalue weighted by atomic mass is 10.2. The quantitative estimate of drug-likeness (QED) is 0.411. The second-order valence-corrected chi connectivity index (χ2v) is 4.98. The van der Waals surface area contributed by atoms with E-state index in [1.807, 2.05) is 0 Å². The Morgan fingerprint density at radius 3 is 2.89 bits per heavy atom. The number of anilines is 1. The largest absolute Gasteiger partial charge is 0.497 e. The summed E-state index contributed by atoms with van der Waals surface area (Å²) < 4.78 is 5.05. The van der Waals surface area contributed by atoms with Gasteiger partial charge >= 0.3 is 0 Å². The number of aliphatic hydroxyl groups is 1. The number of aliphatic hydroxyl groups excluding tert-OH is 1. The van der Waals surface area contributed by atoms with Crippen LogP contribution in [-0.2, 0) is 0 Å². The fourth-order valence-electron chi connectivity index (χ4n) is 1.47. The third-order valence-corrected chi connectivity index (χ3v) is 3.48. The molecule has 0 bridgehead atoms. The van der Waals surface area contributed by atoms with Crippen molar-refractivity contribution in [3.05, 3.63) is 28.3 Å². The smallest absolute Gasteiger partial charge is 0.292 e. The fraction of sp³-hybridized carbons (Fsp3) is 0.500. The average molecular weight is 286 g/mol. The average Bonchev–Trinajstić information content (AvgIpc) is 2.42. The molecule has 7 heteroatoms. The van der Waals surface area contributed by atoms with Gasteiger partial charge in [-0.2, -0.15) is 11.8 Å². The second-order valence-electron chi connectivity index (χ2n) is 3.76. The third kappa shape index (κ3) is 5.35. The van der Waals surface area contributed by atoms with Gasteiger partial charge < -0.3 is 15.2 Å². The summed E-state index contributed by atoms with van der Waals surface area (Å²) >= 11 is 1.70. The van der Waals surface area contributed by atoms with Crippen LogP contribution in [0.1, 0.15) is 6.42 Å². The molecular formula is C12H18N2O4S. The van der Waals surface area contributed by atoms with Crippen LogP contribution in [0.3, 0.4) is 0 Å². The van der Waals surface area contributed by atoms with Crippen LogP contribution >= 0.6 is 11.8 Å². The van der Waals surface area contributed by atoms with Gasteiger partial charge in [0.1, 0.15) is 11.4 Å². The van der Waals surface area contributed by atoms with Crippen molar-refractivity contribution in [3.8, 4) is 5.75 Å². The molecule has 0 aliphatic carbocycles. The van der Waals surface area contributed by atoms with Crippen LogP contribution in [0, 0.1) is 10.1 Å². The van der Waals surface area contributed by atoms with E-state index in [0.29, 0.717) is 18.0 Å². The van der Waals surface area contributed by atoms with Gasteiger partial charge in [0, 0.05) is 31.0 Å². The lowest BCUT2D eigenvalue weighted by Crippen LogP contribution is -2.07. The maximum Gasteiger partial charge on any atom is 0.292 e. The molecule has 0 radical (unpaired) electrons. The topological polar surface area (TPSA) is 84.6 Å². The van der Waals surface area contributed by atoms with E-state index in [-0.39, 0.29) is 12.3 Å². The first-order valence-electron chi connectivity index (χ1n) is 5.94. The van der Waals surface area contributed by atoms with Gasteiger partial charge in [0.05, 0.1) is 12.0 Å². The molecule has 0 heterocycles. The Morgan fingerprint density at radius 1 is 1.47 bits per heavy atom. The molecular weight excluding hydrogens is 268 g/mol. The van der Waals surface area contributed by atoms with Gasteiger partial charge in [0.2, 0.25) is 0 Å². The predicted octanol–water partition coefficient (Wildman–Crippen LogP) is 2.13. The van der Waals surface area contributed by atoms with Crippen LogP contribution in [0.15, 0.2) is 18.2 Å². The van der Waals surface area contributed by atoms with Crippen molar-refractivity contribution < 1.29 is 14.8 Å². The van der Waals surface area contributed by atoms with Crippen molar-refractivity contribution in [1.29, 1.82) is 0 Å². The van der Waals surface area contributed by atoms with E-state index in [2.05, 4.69) is 5.32 Å². The minimum absolute atomic E-state index is 0.0427. The maximum absolute atomic E-state index is 10.9. The van der Waals surface area contributed by atoms with Gasteiger partial charge in [-0.3, -0.25) is 10.1 Å². The Labute approximate surface area is 116 Å².